The Labute approximate surface area is 99.8 Å². The molecule has 0 saturated carbocycles. The van der Waals surface area contributed by atoms with E-state index in [2.05, 4.69) is 5.10 Å². The lowest BCUT2D eigenvalue weighted by Gasteiger charge is -2.11. The summed E-state index contributed by atoms with van der Waals surface area (Å²) in [4.78, 5) is 0. The molecule has 0 spiro atoms. The van der Waals surface area contributed by atoms with Gasteiger partial charge in [-0.25, -0.2) is 4.68 Å². The summed E-state index contributed by atoms with van der Waals surface area (Å²) in [5, 5.41) is 5.12. The van der Waals surface area contributed by atoms with Crippen LogP contribution in [0.4, 0.5) is 5.82 Å². The fourth-order valence-electron chi connectivity index (χ4n) is 1.94. The molecule has 16 heavy (non-hydrogen) atoms. The normalized spacial score (nSPS) is 10.8. The van der Waals surface area contributed by atoms with Crippen molar-refractivity contribution < 1.29 is 0 Å². The third-order valence-electron chi connectivity index (χ3n) is 2.53. The molecule has 0 aliphatic carbocycles. The van der Waals surface area contributed by atoms with Crippen molar-refractivity contribution in [2.45, 2.75) is 20.8 Å². The van der Waals surface area contributed by atoms with Crippen LogP contribution >= 0.6 is 11.6 Å². The van der Waals surface area contributed by atoms with Gasteiger partial charge < -0.3 is 5.73 Å². The highest BCUT2D eigenvalue weighted by atomic mass is 35.5. The third kappa shape index (κ3) is 1.78. The highest BCUT2D eigenvalue weighted by molar-refractivity contribution is 6.30. The van der Waals surface area contributed by atoms with Crippen LogP contribution in [0.15, 0.2) is 18.2 Å². The lowest BCUT2D eigenvalue weighted by atomic mass is 10.1. The Morgan fingerprint density at radius 3 is 2.12 bits per heavy atom. The summed E-state index contributed by atoms with van der Waals surface area (Å²) >= 11 is 5.99. The molecule has 0 amide bonds. The summed E-state index contributed by atoms with van der Waals surface area (Å²) in [6, 6.07) is 5.69. The topological polar surface area (TPSA) is 43.8 Å². The van der Waals surface area contributed by atoms with Gasteiger partial charge in [-0.1, -0.05) is 11.6 Å². The van der Waals surface area contributed by atoms with E-state index < -0.39 is 0 Å². The predicted octanol–water partition coefficient (Wildman–Crippen LogP) is 3.03. The second-order valence-electron chi connectivity index (χ2n) is 4.01. The average Bonchev–Trinajstić information content (AvgIpc) is 2.43. The number of hydrogen-bond donors (Lipinski definition) is 1. The maximum Gasteiger partial charge on any atom is 0.127 e. The number of rotatable bonds is 1. The zero-order valence-corrected chi connectivity index (χ0v) is 10.3. The lowest BCUT2D eigenvalue weighted by molar-refractivity contribution is 0.858. The minimum Gasteiger partial charge on any atom is -0.384 e. The Balaban J connectivity index is 2.69. The van der Waals surface area contributed by atoms with Gasteiger partial charge in [0.25, 0.3) is 0 Å². The molecule has 0 fully saturated rings. The van der Waals surface area contributed by atoms with Crippen molar-refractivity contribution in [2.24, 2.45) is 0 Å². The molecule has 0 bridgehead atoms. The molecule has 0 aliphatic heterocycles. The van der Waals surface area contributed by atoms with Crippen LogP contribution in [-0.4, -0.2) is 9.78 Å². The molecule has 1 heterocycles. The summed E-state index contributed by atoms with van der Waals surface area (Å²) in [6.45, 7) is 5.93. The number of benzene rings is 1. The summed E-state index contributed by atoms with van der Waals surface area (Å²) < 4.78 is 1.76. The molecule has 2 N–H and O–H groups in total. The van der Waals surface area contributed by atoms with E-state index in [-0.39, 0.29) is 0 Å². The largest absolute Gasteiger partial charge is 0.384 e. The van der Waals surface area contributed by atoms with Gasteiger partial charge in [-0.3, -0.25) is 0 Å². The summed E-state index contributed by atoms with van der Waals surface area (Å²) in [6.07, 6.45) is 0. The highest BCUT2D eigenvalue weighted by Crippen LogP contribution is 2.25. The molecule has 0 radical (unpaired) electrons. The lowest BCUT2D eigenvalue weighted by Crippen LogP contribution is -2.05. The Bertz CT molecular complexity index is 520. The zero-order valence-electron chi connectivity index (χ0n) is 9.58. The Kier molecular flexibility index (Phi) is 2.64. The van der Waals surface area contributed by atoms with E-state index in [1.807, 2.05) is 39.0 Å². The van der Waals surface area contributed by atoms with Crippen LogP contribution < -0.4 is 5.73 Å². The fourth-order valence-corrected chi connectivity index (χ4v) is 2.26. The van der Waals surface area contributed by atoms with E-state index in [1.165, 1.54) is 0 Å². The number of nitrogen functional groups attached to an aromatic ring is 1. The first-order valence-corrected chi connectivity index (χ1v) is 5.46. The van der Waals surface area contributed by atoms with Crippen molar-refractivity contribution in [2.75, 3.05) is 5.73 Å². The van der Waals surface area contributed by atoms with Crippen LogP contribution in [0, 0.1) is 20.8 Å². The second kappa shape index (κ2) is 3.83. The van der Waals surface area contributed by atoms with Gasteiger partial charge in [-0.2, -0.15) is 5.10 Å². The fraction of sp³-hybridized carbons (Fsp3) is 0.250. The standard InChI is InChI=1S/C12H14ClN3/c1-7-4-10(13)5-8(2)12(7)16-11(14)6-9(3)15-16/h4-6H,14H2,1-3H3. The van der Waals surface area contributed by atoms with Gasteiger partial charge in [0.2, 0.25) is 0 Å². The molecule has 0 aliphatic rings. The second-order valence-corrected chi connectivity index (χ2v) is 4.45. The SMILES string of the molecule is Cc1cc(N)n(-c2c(C)cc(Cl)cc2C)n1. The van der Waals surface area contributed by atoms with E-state index in [9.17, 15) is 0 Å². The van der Waals surface area contributed by atoms with Gasteiger partial charge >= 0.3 is 0 Å². The first kappa shape index (κ1) is 11.0. The van der Waals surface area contributed by atoms with E-state index in [1.54, 1.807) is 4.68 Å². The van der Waals surface area contributed by atoms with Crippen LogP contribution in [0.25, 0.3) is 5.69 Å². The van der Waals surface area contributed by atoms with Crippen LogP contribution in [-0.2, 0) is 0 Å². The number of anilines is 1. The molecule has 3 nitrogen and oxygen atoms in total. The van der Waals surface area contributed by atoms with Gasteiger partial charge in [0, 0.05) is 11.1 Å². The molecule has 1 aromatic carbocycles. The van der Waals surface area contributed by atoms with Crippen molar-refractivity contribution in [3.05, 3.63) is 40.0 Å². The van der Waals surface area contributed by atoms with Gasteiger partial charge in [0.15, 0.2) is 0 Å². The number of aryl methyl sites for hydroxylation is 3. The monoisotopic (exact) mass is 235 g/mol. The van der Waals surface area contributed by atoms with Gasteiger partial charge in [-0.15, -0.1) is 0 Å². The van der Waals surface area contributed by atoms with E-state index in [4.69, 9.17) is 17.3 Å². The maximum absolute atomic E-state index is 5.99. The molecule has 0 unspecified atom stereocenters. The van der Waals surface area contributed by atoms with Gasteiger partial charge in [0.05, 0.1) is 11.4 Å². The van der Waals surface area contributed by atoms with Crippen LogP contribution in [0.5, 0.6) is 0 Å². The molecule has 0 saturated heterocycles. The summed E-state index contributed by atoms with van der Waals surface area (Å²) in [7, 11) is 0. The minimum atomic E-state index is 0.644. The molecule has 1 aromatic heterocycles. The molecule has 2 aromatic rings. The zero-order chi connectivity index (χ0) is 11.9. The van der Waals surface area contributed by atoms with Crippen molar-refractivity contribution in [1.82, 2.24) is 9.78 Å². The van der Waals surface area contributed by atoms with Crippen molar-refractivity contribution in [3.63, 3.8) is 0 Å². The Morgan fingerprint density at radius 1 is 1.12 bits per heavy atom. The highest BCUT2D eigenvalue weighted by Gasteiger charge is 2.10. The Hall–Kier alpha value is -1.48. The smallest absolute Gasteiger partial charge is 0.127 e. The first-order chi connectivity index (χ1) is 7.49. The first-order valence-electron chi connectivity index (χ1n) is 5.08. The summed E-state index contributed by atoms with van der Waals surface area (Å²) in [5.41, 5.74) is 9.97. The van der Waals surface area contributed by atoms with Crippen LogP contribution in [0.2, 0.25) is 5.02 Å². The molecule has 4 heteroatoms. The molecular weight excluding hydrogens is 222 g/mol. The number of aromatic nitrogens is 2. The van der Waals surface area contributed by atoms with Crippen molar-refractivity contribution in [3.8, 4) is 5.69 Å². The quantitative estimate of drug-likeness (QED) is 0.826. The predicted molar refractivity (Wildman–Crippen MR) is 67.2 cm³/mol. The van der Waals surface area contributed by atoms with Crippen LogP contribution in [0.3, 0.4) is 0 Å². The number of hydrogen-bond acceptors (Lipinski definition) is 2. The molecular formula is C12H14ClN3. The van der Waals surface area contributed by atoms with Crippen molar-refractivity contribution in [1.29, 1.82) is 0 Å². The van der Waals surface area contributed by atoms with Crippen molar-refractivity contribution >= 4 is 17.4 Å². The average molecular weight is 236 g/mol. The molecule has 0 atom stereocenters. The van der Waals surface area contributed by atoms with E-state index in [0.29, 0.717) is 5.82 Å². The van der Waals surface area contributed by atoms with Gasteiger partial charge in [-0.05, 0) is 44.0 Å². The number of nitrogens with zero attached hydrogens (tertiary/aromatic N) is 2. The number of nitrogens with two attached hydrogens (primary N) is 1. The summed E-state index contributed by atoms with van der Waals surface area (Å²) in [5.74, 6) is 0.644. The minimum absolute atomic E-state index is 0.644. The molecule has 2 rings (SSSR count). The van der Waals surface area contributed by atoms with E-state index >= 15 is 0 Å². The number of halogens is 1. The van der Waals surface area contributed by atoms with E-state index in [0.717, 1.165) is 27.5 Å². The van der Waals surface area contributed by atoms with Crippen LogP contribution in [0.1, 0.15) is 16.8 Å². The van der Waals surface area contributed by atoms with Gasteiger partial charge in [0.1, 0.15) is 5.82 Å². The maximum atomic E-state index is 5.99. The third-order valence-corrected chi connectivity index (χ3v) is 2.74. The Morgan fingerprint density at radius 2 is 1.69 bits per heavy atom. The molecule has 84 valence electrons.